The van der Waals surface area contributed by atoms with E-state index in [1.54, 1.807) is 35.4 Å². The first-order valence-corrected chi connectivity index (χ1v) is 7.41. The van der Waals surface area contributed by atoms with Crippen molar-refractivity contribution in [3.05, 3.63) is 48.7 Å². The van der Waals surface area contributed by atoms with Gasteiger partial charge < -0.3 is 14.3 Å². The summed E-state index contributed by atoms with van der Waals surface area (Å²) in [5.74, 6) is -0.0189. The quantitative estimate of drug-likeness (QED) is 0.621. The first-order valence-electron chi connectivity index (χ1n) is 6.42. The van der Waals surface area contributed by atoms with Crippen LogP contribution in [0.5, 0.6) is 0 Å². The molecule has 3 aromatic heterocycles. The van der Waals surface area contributed by atoms with Crippen LogP contribution < -0.4 is 5.11 Å². The fourth-order valence-electron chi connectivity index (χ4n) is 1.93. The van der Waals surface area contributed by atoms with Gasteiger partial charge in [0, 0.05) is 23.7 Å². The Hall–Kier alpha value is -2.61. The van der Waals surface area contributed by atoms with Gasteiger partial charge in [-0.15, -0.1) is 10.2 Å². The fraction of sp³-hybridized carbons (Fsp3) is 0.143. The van der Waals surface area contributed by atoms with E-state index in [9.17, 15) is 9.90 Å². The molecule has 7 nitrogen and oxygen atoms in total. The third-order valence-corrected chi connectivity index (χ3v) is 3.79. The molecule has 0 radical (unpaired) electrons. The molecule has 0 bridgehead atoms. The van der Waals surface area contributed by atoms with Crippen molar-refractivity contribution in [2.45, 2.75) is 11.7 Å². The summed E-state index contributed by atoms with van der Waals surface area (Å²) in [6.07, 6.45) is 4.93. The molecule has 0 atom stereocenters. The molecule has 0 aromatic carbocycles. The third kappa shape index (κ3) is 3.17. The van der Waals surface area contributed by atoms with Gasteiger partial charge in [-0.05, 0) is 24.3 Å². The van der Waals surface area contributed by atoms with E-state index in [4.69, 9.17) is 4.42 Å². The number of aliphatic carboxylic acids is 1. The minimum atomic E-state index is -1.15. The highest BCUT2D eigenvalue weighted by atomic mass is 32.2. The van der Waals surface area contributed by atoms with Crippen LogP contribution in [0.1, 0.15) is 5.76 Å². The van der Waals surface area contributed by atoms with Crippen molar-refractivity contribution in [2.75, 3.05) is 5.75 Å². The van der Waals surface area contributed by atoms with Crippen LogP contribution in [0.3, 0.4) is 0 Å². The van der Waals surface area contributed by atoms with Crippen molar-refractivity contribution >= 4 is 17.7 Å². The van der Waals surface area contributed by atoms with Crippen molar-refractivity contribution in [3.63, 3.8) is 0 Å². The first-order chi connectivity index (χ1) is 10.7. The normalized spacial score (nSPS) is 10.7. The Morgan fingerprint density at radius 1 is 1.32 bits per heavy atom. The molecule has 112 valence electrons. The lowest BCUT2D eigenvalue weighted by Gasteiger charge is -2.08. The van der Waals surface area contributed by atoms with Crippen molar-refractivity contribution < 1.29 is 14.3 Å². The molecule has 0 saturated heterocycles. The lowest BCUT2D eigenvalue weighted by atomic mass is 10.2. The van der Waals surface area contributed by atoms with Gasteiger partial charge in [0.05, 0.1) is 18.8 Å². The molecule has 3 heterocycles. The predicted molar refractivity (Wildman–Crippen MR) is 76.8 cm³/mol. The van der Waals surface area contributed by atoms with Gasteiger partial charge in [0.25, 0.3) is 0 Å². The maximum Gasteiger partial charge on any atom is 0.192 e. The molecule has 0 aliphatic carbocycles. The van der Waals surface area contributed by atoms with E-state index < -0.39 is 5.97 Å². The summed E-state index contributed by atoms with van der Waals surface area (Å²) in [5, 5.41) is 19.3. The second kappa shape index (κ2) is 6.44. The lowest BCUT2D eigenvalue weighted by Crippen LogP contribution is -2.24. The van der Waals surface area contributed by atoms with Crippen LogP contribution in [-0.4, -0.2) is 31.5 Å². The monoisotopic (exact) mass is 315 g/mol. The number of rotatable bonds is 6. The van der Waals surface area contributed by atoms with Crippen LogP contribution in [0, 0.1) is 0 Å². The van der Waals surface area contributed by atoms with Crippen LogP contribution in [-0.2, 0) is 11.3 Å². The van der Waals surface area contributed by atoms with Crippen molar-refractivity contribution in [1.82, 2.24) is 19.7 Å². The van der Waals surface area contributed by atoms with E-state index in [2.05, 4.69) is 15.2 Å². The number of aromatic nitrogens is 4. The predicted octanol–water partition coefficient (Wildman–Crippen LogP) is 0.823. The average molecular weight is 315 g/mol. The largest absolute Gasteiger partial charge is 0.549 e. The Bertz CT molecular complexity index is 756. The minimum absolute atomic E-state index is 0.191. The number of carbonyl (C=O) groups excluding carboxylic acids is 1. The van der Waals surface area contributed by atoms with E-state index in [1.165, 1.54) is 0 Å². The maximum absolute atomic E-state index is 10.7. The number of hydrogen-bond acceptors (Lipinski definition) is 7. The second-order valence-electron chi connectivity index (χ2n) is 4.37. The SMILES string of the molecule is O=C([O-])CSc1nnc(-c2cccnc2)n1Cc1ccco1. The average Bonchev–Trinajstić information content (AvgIpc) is 3.16. The molecule has 0 amide bonds. The smallest absolute Gasteiger partial charge is 0.192 e. The van der Waals surface area contributed by atoms with Gasteiger partial charge >= 0.3 is 0 Å². The summed E-state index contributed by atoms with van der Waals surface area (Å²) in [7, 11) is 0. The van der Waals surface area contributed by atoms with E-state index in [1.807, 2.05) is 12.1 Å². The third-order valence-electron chi connectivity index (χ3n) is 2.85. The molecule has 22 heavy (non-hydrogen) atoms. The lowest BCUT2D eigenvalue weighted by molar-refractivity contribution is -0.301. The van der Waals surface area contributed by atoms with Crippen LogP contribution in [0.2, 0.25) is 0 Å². The van der Waals surface area contributed by atoms with Crippen LogP contribution in [0.15, 0.2) is 52.5 Å². The molecule has 0 aliphatic heterocycles. The Morgan fingerprint density at radius 3 is 2.91 bits per heavy atom. The number of hydrogen-bond donors (Lipinski definition) is 0. The molecule has 0 unspecified atom stereocenters. The summed E-state index contributed by atoms with van der Waals surface area (Å²) >= 11 is 1.06. The number of carboxylic acids is 1. The minimum Gasteiger partial charge on any atom is -0.549 e. The molecule has 0 fully saturated rings. The molecule has 0 spiro atoms. The van der Waals surface area contributed by atoms with Crippen LogP contribution in [0.25, 0.3) is 11.4 Å². The standard InChI is InChI=1S/C14H12N4O3S/c19-12(20)9-22-14-17-16-13(10-3-1-5-15-7-10)18(14)8-11-4-2-6-21-11/h1-7H,8-9H2,(H,19,20)/p-1. The van der Waals surface area contributed by atoms with E-state index >= 15 is 0 Å². The van der Waals surface area contributed by atoms with Crippen molar-refractivity contribution in [1.29, 1.82) is 0 Å². The zero-order valence-corrected chi connectivity index (χ0v) is 12.2. The molecule has 0 saturated carbocycles. The molecular formula is C14H11N4O3S-. The topological polar surface area (TPSA) is 96.9 Å². The fourth-order valence-corrected chi connectivity index (χ4v) is 2.58. The summed E-state index contributed by atoms with van der Waals surface area (Å²) in [4.78, 5) is 14.7. The highest BCUT2D eigenvalue weighted by molar-refractivity contribution is 7.99. The summed E-state index contributed by atoms with van der Waals surface area (Å²) in [6, 6.07) is 7.29. The molecular weight excluding hydrogens is 304 g/mol. The maximum atomic E-state index is 10.7. The number of pyridine rings is 1. The molecule has 3 rings (SSSR count). The van der Waals surface area contributed by atoms with Gasteiger partial charge in [0.2, 0.25) is 0 Å². The Balaban J connectivity index is 1.97. The number of carbonyl (C=O) groups is 1. The van der Waals surface area contributed by atoms with Crippen molar-refractivity contribution in [3.8, 4) is 11.4 Å². The second-order valence-corrected chi connectivity index (χ2v) is 5.32. The number of furan rings is 1. The van der Waals surface area contributed by atoms with Gasteiger partial charge in [-0.25, -0.2) is 0 Å². The van der Waals surface area contributed by atoms with E-state index in [0.29, 0.717) is 17.5 Å². The number of carboxylic acid groups (broad SMARTS) is 1. The zero-order valence-electron chi connectivity index (χ0n) is 11.4. The van der Waals surface area contributed by atoms with Crippen molar-refractivity contribution in [2.24, 2.45) is 0 Å². The van der Waals surface area contributed by atoms with Crippen LogP contribution in [0.4, 0.5) is 0 Å². The molecule has 8 heteroatoms. The molecule has 3 aromatic rings. The van der Waals surface area contributed by atoms with Crippen LogP contribution >= 0.6 is 11.8 Å². The first kappa shape index (κ1) is 14.3. The Morgan fingerprint density at radius 2 is 2.23 bits per heavy atom. The van der Waals surface area contributed by atoms with Gasteiger partial charge in [-0.1, -0.05) is 11.8 Å². The van der Waals surface area contributed by atoms with Gasteiger partial charge in [0.15, 0.2) is 11.0 Å². The van der Waals surface area contributed by atoms with Gasteiger partial charge in [-0.2, -0.15) is 0 Å². The molecule has 0 aliphatic rings. The Labute approximate surface area is 130 Å². The number of nitrogens with zero attached hydrogens (tertiary/aromatic N) is 4. The summed E-state index contributed by atoms with van der Waals surface area (Å²) < 4.78 is 7.14. The highest BCUT2D eigenvalue weighted by Gasteiger charge is 2.15. The Kier molecular flexibility index (Phi) is 4.19. The highest BCUT2D eigenvalue weighted by Crippen LogP contribution is 2.24. The zero-order chi connectivity index (χ0) is 15.4. The number of thioether (sulfide) groups is 1. The summed E-state index contributed by atoms with van der Waals surface area (Å²) in [6.45, 7) is 0.402. The molecule has 0 N–H and O–H groups in total. The summed E-state index contributed by atoms with van der Waals surface area (Å²) in [5.41, 5.74) is 0.793. The van der Waals surface area contributed by atoms with E-state index in [-0.39, 0.29) is 5.75 Å². The van der Waals surface area contributed by atoms with Gasteiger partial charge in [-0.3, -0.25) is 9.55 Å². The van der Waals surface area contributed by atoms with Gasteiger partial charge in [0.1, 0.15) is 5.76 Å². The van der Waals surface area contributed by atoms with E-state index in [0.717, 1.165) is 23.1 Å².